The lowest BCUT2D eigenvalue weighted by Crippen LogP contribution is -2.52. The van der Waals surface area contributed by atoms with E-state index in [0.29, 0.717) is 18.5 Å². The average Bonchev–Trinajstić information content (AvgIpc) is 2.91. The van der Waals surface area contributed by atoms with Crippen LogP contribution in [0.25, 0.3) is 0 Å². The van der Waals surface area contributed by atoms with Gasteiger partial charge in [-0.15, -0.1) is 0 Å². The van der Waals surface area contributed by atoms with Gasteiger partial charge in [-0.25, -0.2) is 9.98 Å². The lowest BCUT2D eigenvalue weighted by atomic mass is 10.0. The third kappa shape index (κ3) is 3.89. The van der Waals surface area contributed by atoms with Gasteiger partial charge in [0, 0.05) is 33.5 Å². The molecule has 136 valence electrons. The van der Waals surface area contributed by atoms with Crippen LogP contribution in [-0.2, 0) is 4.74 Å². The van der Waals surface area contributed by atoms with E-state index in [4.69, 9.17) is 14.8 Å². The van der Waals surface area contributed by atoms with Crippen molar-refractivity contribution in [1.82, 2.24) is 15.6 Å². The first-order chi connectivity index (χ1) is 12.1. The van der Waals surface area contributed by atoms with Gasteiger partial charge in [0.05, 0.1) is 5.71 Å². The number of hydrogen-bond acceptors (Lipinski definition) is 8. The molecule has 0 aromatic heterocycles. The first-order valence-electron chi connectivity index (χ1n) is 8.78. The first-order valence-corrected chi connectivity index (χ1v) is 8.78. The van der Waals surface area contributed by atoms with Crippen LogP contribution in [-0.4, -0.2) is 68.1 Å². The predicted octanol–water partition coefficient (Wildman–Crippen LogP) is 0.981. The van der Waals surface area contributed by atoms with Gasteiger partial charge in [-0.05, 0) is 31.8 Å². The number of allylic oxidation sites excluding steroid dienone is 1. The third-order valence-corrected chi connectivity index (χ3v) is 4.47. The standard InChI is InChI=1S/C17H27N7O/c1-11-6-7-19-13(10-11)20-16-15-14(21-17(18-3)22-16)12(2)23-24(15)8-5-9-25-4/h7,10-11,14-15H,5-6,8-9H2,1-4H3,(H2,18,20,21,22). The van der Waals surface area contributed by atoms with Crippen molar-refractivity contribution in [2.24, 2.45) is 26.0 Å². The largest absolute Gasteiger partial charge is 0.385 e. The molecule has 3 aliphatic rings. The van der Waals surface area contributed by atoms with Crippen molar-refractivity contribution in [2.75, 3.05) is 27.3 Å². The Bertz CT molecular complexity index is 649. The van der Waals surface area contributed by atoms with Crippen LogP contribution in [0.5, 0.6) is 0 Å². The van der Waals surface area contributed by atoms with E-state index in [1.165, 1.54) is 0 Å². The summed E-state index contributed by atoms with van der Waals surface area (Å²) in [5.41, 5.74) is 0.999. The summed E-state index contributed by atoms with van der Waals surface area (Å²) in [6, 6.07) is -0.0575. The normalized spacial score (nSPS) is 28.0. The minimum Gasteiger partial charge on any atom is -0.385 e. The Hall–Kier alpha value is -2.22. The van der Waals surface area contributed by atoms with Gasteiger partial charge in [-0.1, -0.05) is 6.92 Å². The van der Waals surface area contributed by atoms with E-state index in [1.54, 1.807) is 7.11 Å². The molecule has 3 rings (SSSR count). The minimum absolute atomic E-state index is 0.0257. The van der Waals surface area contributed by atoms with Crippen molar-refractivity contribution in [2.45, 2.75) is 38.8 Å². The maximum Gasteiger partial charge on any atom is 0.220 e. The second kappa shape index (κ2) is 7.77. The number of aliphatic imine (C=N–C) groups is 3. The molecule has 0 aromatic carbocycles. The Morgan fingerprint density at radius 2 is 2.24 bits per heavy atom. The molecule has 0 spiro atoms. The van der Waals surface area contributed by atoms with E-state index < -0.39 is 0 Å². The SMILES string of the molecule is CNC1=NC2C(C)=NN(CCCOC)C2C(NC2=CC(C)CC=N2)=N1. The van der Waals surface area contributed by atoms with Crippen LogP contribution < -0.4 is 10.6 Å². The highest BCUT2D eigenvalue weighted by molar-refractivity contribution is 6.08. The summed E-state index contributed by atoms with van der Waals surface area (Å²) < 4.78 is 5.17. The fourth-order valence-corrected chi connectivity index (χ4v) is 3.20. The number of fused-ring (bicyclic) bond motifs is 1. The lowest BCUT2D eigenvalue weighted by Gasteiger charge is -2.31. The molecule has 0 aliphatic carbocycles. The van der Waals surface area contributed by atoms with Gasteiger partial charge in [-0.3, -0.25) is 5.01 Å². The zero-order chi connectivity index (χ0) is 17.8. The molecule has 0 bridgehead atoms. The van der Waals surface area contributed by atoms with Crippen LogP contribution >= 0.6 is 0 Å². The molecule has 0 fully saturated rings. The molecule has 3 heterocycles. The number of nitrogens with zero attached hydrogens (tertiary/aromatic N) is 5. The first kappa shape index (κ1) is 17.6. The van der Waals surface area contributed by atoms with Gasteiger partial charge in [0.2, 0.25) is 5.96 Å². The van der Waals surface area contributed by atoms with Gasteiger partial charge < -0.3 is 15.4 Å². The number of rotatable bonds is 5. The summed E-state index contributed by atoms with van der Waals surface area (Å²) in [6.07, 6.45) is 5.97. The zero-order valence-corrected chi connectivity index (χ0v) is 15.4. The summed E-state index contributed by atoms with van der Waals surface area (Å²) in [5, 5.41) is 13.2. The molecule has 0 saturated carbocycles. The highest BCUT2D eigenvalue weighted by Crippen LogP contribution is 2.24. The van der Waals surface area contributed by atoms with E-state index in [-0.39, 0.29) is 12.1 Å². The maximum absolute atomic E-state index is 5.17. The van der Waals surface area contributed by atoms with Gasteiger partial charge in [-0.2, -0.15) is 10.1 Å². The Kier molecular flexibility index (Phi) is 5.47. The summed E-state index contributed by atoms with van der Waals surface area (Å²) in [5.74, 6) is 2.76. The molecule has 3 unspecified atom stereocenters. The van der Waals surface area contributed by atoms with Crippen molar-refractivity contribution >= 4 is 23.7 Å². The van der Waals surface area contributed by atoms with Crippen molar-refractivity contribution in [3.05, 3.63) is 11.9 Å². The molecular formula is C17H27N7O. The van der Waals surface area contributed by atoms with Crippen molar-refractivity contribution in [3.63, 3.8) is 0 Å². The smallest absolute Gasteiger partial charge is 0.220 e. The number of hydrogen-bond donors (Lipinski definition) is 2. The number of hydrazone groups is 1. The van der Waals surface area contributed by atoms with Crippen LogP contribution in [0, 0.1) is 5.92 Å². The van der Waals surface area contributed by atoms with Crippen molar-refractivity contribution in [1.29, 1.82) is 0 Å². The summed E-state index contributed by atoms with van der Waals surface area (Å²) in [7, 11) is 3.55. The Labute approximate surface area is 148 Å². The van der Waals surface area contributed by atoms with Crippen molar-refractivity contribution < 1.29 is 4.74 Å². The molecule has 2 N–H and O–H groups in total. The summed E-state index contributed by atoms with van der Waals surface area (Å²) in [4.78, 5) is 13.8. The molecule has 8 nitrogen and oxygen atoms in total. The predicted molar refractivity (Wildman–Crippen MR) is 101 cm³/mol. The molecule has 25 heavy (non-hydrogen) atoms. The Morgan fingerprint density at radius 1 is 1.40 bits per heavy atom. The molecule has 3 atom stereocenters. The number of guanidine groups is 1. The number of amidine groups is 1. The van der Waals surface area contributed by atoms with Crippen LogP contribution in [0.2, 0.25) is 0 Å². The number of methoxy groups -OCH3 is 1. The quantitative estimate of drug-likeness (QED) is 0.728. The van der Waals surface area contributed by atoms with Gasteiger partial charge in [0.15, 0.2) is 0 Å². The van der Waals surface area contributed by atoms with Crippen LogP contribution in [0.4, 0.5) is 0 Å². The van der Waals surface area contributed by atoms with E-state index in [9.17, 15) is 0 Å². The molecule has 8 heteroatoms. The van der Waals surface area contributed by atoms with Gasteiger partial charge in [0.25, 0.3) is 0 Å². The topological polar surface area (TPSA) is 86.0 Å². The van der Waals surface area contributed by atoms with E-state index in [1.807, 2.05) is 20.2 Å². The van der Waals surface area contributed by atoms with Crippen molar-refractivity contribution in [3.8, 4) is 0 Å². The second-order valence-corrected chi connectivity index (χ2v) is 6.54. The van der Waals surface area contributed by atoms with Gasteiger partial charge >= 0.3 is 0 Å². The fraction of sp³-hybridized carbons (Fsp3) is 0.647. The average molecular weight is 345 g/mol. The summed E-state index contributed by atoms with van der Waals surface area (Å²) in [6.45, 7) is 5.71. The Balaban J connectivity index is 1.82. The van der Waals surface area contributed by atoms with E-state index in [0.717, 1.165) is 36.8 Å². The molecular weight excluding hydrogens is 318 g/mol. The molecule has 0 aromatic rings. The van der Waals surface area contributed by atoms with E-state index >= 15 is 0 Å². The molecule has 0 saturated heterocycles. The summed E-state index contributed by atoms with van der Waals surface area (Å²) >= 11 is 0. The number of ether oxygens (including phenoxy) is 1. The highest BCUT2D eigenvalue weighted by atomic mass is 16.5. The van der Waals surface area contributed by atoms with Crippen LogP contribution in [0.3, 0.4) is 0 Å². The Morgan fingerprint density at radius 3 is 2.96 bits per heavy atom. The maximum atomic E-state index is 5.17. The van der Waals surface area contributed by atoms with Gasteiger partial charge in [0.1, 0.15) is 23.7 Å². The van der Waals surface area contributed by atoms with E-state index in [2.05, 4.69) is 38.6 Å². The second-order valence-electron chi connectivity index (χ2n) is 6.54. The van der Waals surface area contributed by atoms with Crippen LogP contribution in [0.15, 0.2) is 32.0 Å². The highest BCUT2D eigenvalue weighted by Gasteiger charge is 2.41. The molecule has 0 amide bonds. The third-order valence-electron chi connectivity index (χ3n) is 4.47. The minimum atomic E-state index is -0.0319. The van der Waals surface area contributed by atoms with Crippen LogP contribution in [0.1, 0.15) is 26.7 Å². The monoisotopic (exact) mass is 345 g/mol. The lowest BCUT2D eigenvalue weighted by molar-refractivity contribution is 0.169. The molecule has 0 radical (unpaired) electrons. The fourth-order valence-electron chi connectivity index (χ4n) is 3.20. The number of nitrogens with one attached hydrogen (secondary N) is 2. The molecule has 3 aliphatic heterocycles. The zero-order valence-electron chi connectivity index (χ0n) is 15.4.